The fourth-order valence-corrected chi connectivity index (χ4v) is 2.16. The van der Waals surface area contributed by atoms with Gasteiger partial charge in [-0.3, -0.25) is 14.3 Å². The summed E-state index contributed by atoms with van der Waals surface area (Å²) in [6.07, 6.45) is 5.13. The first-order chi connectivity index (χ1) is 9.52. The van der Waals surface area contributed by atoms with Gasteiger partial charge in [0.1, 0.15) is 6.23 Å². The number of H-pyrrole nitrogens is 1. The molecule has 1 aromatic rings. The first-order valence-electron chi connectivity index (χ1n) is 6.32. The topological polar surface area (TPSA) is 96.4 Å². The number of nitrogens with zero attached hydrogens (tertiary/aromatic N) is 1. The number of hydrogen-bond acceptors (Lipinski definition) is 5. The van der Waals surface area contributed by atoms with Crippen molar-refractivity contribution in [3.63, 3.8) is 0 Å². The van der Waals surface area contributed by atoms with E-state index in [4.69, 9.17) is 11.2 Å². The lowest BCUT2D eigenvalue weighted by Gasteiger charge is -2.16. The number of hydrogen-bond donors (Lipinski definition) is 3. The quantitative estimate of drug-likeness (QED) is 0.471. The molecule has 3 N–H and O–H groups in total. The molecule has 1 saturated heterocycles. The molecule has 0 bridgehead atoms. The second kappa shape index (κ2) is 6.05. The maximum atomic E-state index is 11.8. The highest BCUT2D eigenvalue weighted by molar-refractivity contribution is 5.02. The van der Waals surface area contributed by atoms with E-state index < -0.39 is 29.7 Å². The van der Waals surface area contributed by atoms with Crippen molar-refractivity contribution in [2.45, 2.75) is 31.8 Å². The third-order valence-corrected chi connectivity index (χ3v) is 3.23. The number of terminal acetylenes is 1. The van der Waals surface area contributed by atoms with Gasteiger partial charge in [-0.15, -0.1) is 6.42 Å². The molecule has 108 valence electrons. The van der Waals surface area contributed by atoms with E-state index in [-0.39, 0.29) is 6.42 Å². The summed E-state index contributed by atoms with van der Waals surface area (Å²) in [5.41, 5.74) is -0.552. The molecule has 0 aromatic carbocycles. The maximum Gasteiger partial charge on any atom is 0.330 e. The van der Waals surface area contributed by atoms with E-state index in [9.17, 15) is 14.7 Å². The minimum atomic E-state index is -0.690. The normalized spacial score (nSPS) is 25.6. The zero-order chi connectivity index (χ0) is 14.7. The van der Waals surface area contributed by atoms with Crippen molar-refractivity contribution >= 4 is 0 Å². The van der Waals surface area contributed by atoms with Crippen molar-refractivity contribution in [1.82, 2.24) is 14.9 Å². The molecular weight excluding hydrogens is 262 g/mol. The smallest absolute Gasteiger partial charge is 0.330 e. The van der Waals surface area contributed by atoms with Crippen LogP contribution in [0.25, 0.3) is 0 Å². The molecule has 7 nitrogen and oxygen atoms in total. The second-order valence-electron chi connectivity index (χ2n) is 4.75. The van der Waals surface area contributed by atoms with Gasteiger partial charge in [0, 0.05) is 24.7 Å². The number of aromatic nitrogens is 2. The van der Waals surface area contributed by atoms with Crippen molar-refractivity contribution in [3.8, 4) is 12.3 Å². The van der Waals surface area contributed by atoms with E-state index >= 15 is 0 Å². The van der Waals surface area contributed by atoms with Gasteiger partial charge in [-0.1, -0.05) is 5.92 Å². The molecule has 3 atom stereocenters. The van der Waals surface area contributed by atoms with Crippen LogP contribution in [-0.4, -0.2) is 40.0 Å². The lowest BCUT2D eigenvalue weighted by atomic mass is 10.2. The number of aromatic amines is 1. The fourth-order valence-electron chi connectivity index (χ4n) is 2.16. The standard InChI is InChI=1S/C13H17N3O4/c1-3-4-14-6-10-9(17)5-11(20-10)16-7-8(2)12(18)15-13(16)19/h1,7,9-11,14,17H,4-6H2,2H3,(H,15,18,19)/t9-,10+,11+/m0/s1. The minimum Gasteiger partial charge on any atom is -0.390 e. The molecule has 7 heteroatoms. The number of rotatable bonds is 4. The molecule has 0 unspecified atom stereocenters. The highest BCUT2D eigenvalue weighted by Gasteiger charge is 2.35. The molecule has 0 radical (unpaired) electrons. The molecule has 20 heavy (non-hydrogen) atoms. The van der Waals surface area contributed by atoms with E-state index in [1.807, 2.05) is 0 Å². The zero-order valence-corrected chi connectivity index (χ0v) is 11.1. The van der Waals surface area contributed by atoms with E-state index in [1.165, 1.54) is 10.8 Å². The number of ether oxygens (including phenoxy) is 1. The van der Waals surface area contributed by atoms with Crippen LogP contribution >= 0.6 is 0 Å². The zero-order valence-electron chi connectivity index (χ0n) is 11.1. The Hall–Kier alpha value is -1.88. The first kappa shape index (κ1) is 14.5. The van der Waals surface area contributed by atoms with Gasteiger partial charge in [-0.05, 0) is 6.92 Å². The summed E-state index contributed by atoms with van der Waals surface area (Å²) in [7, 11) is 0. The summed E-state index contributed by atoms with van der Waals surface area (Å²) < 4.78 is 6.93. The Bertz CT molecular complexity index is 628. The predicted molar refractivity (Wildman–Crippen MR) is 72.3 cm³/mol. The van der Waals surface area contributed by atoms with Crippen molar-refractivity contribution in [3.05, 3.63) is 32.6 Å². The van der Waals surface area contributed by atoms with Gasteiger partial charge in [-0.2, -0.15) is 0 Å². The van der Waals surface area contributed by atoms with Crippen LogP contribution in [-0.2, 0) is 4.74 Å². The highest BCUT2D eigenvalue weighted by atomic mass is 16.5. The summed E-state index contributed by atoms with van der Waals surface area (Å²) in [5, 5.41) is 12.9. The summed E-state index contributed by atoms with van der Waals surface area (Å²) in [4.78, 5) is 25.3. The molecule has 1 aliphatic rings. The van der Waals surface area contributed by atoms with Gasteiger partial charge in [0.15, 0.2) is 0 Å². The molecule has 2 rings (SSSR count). The Morgan fingerprint density at radius 2 is 2.40 bits per heavy atom. The summed E-state index contributed by atoms with van der Waals surface area (Å²) in [5.74, 6) is 2.43. The lowest BCUT2D eigenvalue weighted by molar-refractivity contribution is -0.0188. The van der Waals surface area contributed by atoms with Crippen molar-refractivity contribution in [1.29, 1.82) is 0 Å². The minimum absolute atomic E-state index is 0.286. The van der Waals surface area contributed by atoms with Gasteiger partial charge < -0.3 is 15.2 Å². The Kier molecular flexibility index (Phi) is 4.39. The van der Waals surface area contributed by atoms with E-state index in [0.29, 0.717) is 18.7 Å². The maximum absolute atomic E-state index is 11.8. The molecule has 1 aromatic heterocycles. The Morgan fingerprint density at radius 1 is 1.65 bits per heavy atom. The molecule has 0 saturated carbocycles. The number of aliphatic hydroxyl groups is 1. The number of aliphatic hydroxyl groups excluding tert-OH is 1. The van der Waals surface area contributed by atoms with E-state index in [0.717, 1.165) is 0 Å². The van der Waals surface area contributed by atoms with Crippen molar-refractivity contribution in [2.24, 2.45) is 0 Å². The lowest BCUT2D eigenvalue weighted by Crippen LogP contribution is -2.35. The largest absolute Gasteiger partial charge is 0.390 e. The monoisotopic (exact) mass is 279 g/mol. The van der Waals surface area contributed by atoms with Crippen molar-refractivity contribution in [2.75, 3.05) is 13.1 Å². The van der Waals surface area contributed by atoms with Crippen LogP contribution in [0.1, 0.15) is 18.2 Å². The second-order valence-corrected chi connectivity index (χ2v) is 4.75. The van der Waals surface area contributed by atoms with Crippen LogP contribution in [0.5, 0.6) is 0 Å². The van der Waals surface area contributed by atoms with Gasteiger partial charge >= 0.3 is 5.69 Å². The fraction of sp³-hybridized carbons (Fsp3) is 0.538. The van der Waals surface area contributed by atoms with E-state index in [1.54, 1.807) is 6.92 Å². The Labute approximate surface area is 115 Å². The Morgan fingerprint density at radius 3 is 3.10 bits per heavy atom. The van der Waals surface area contributed by atoms with Crippen LogP contribution in [0.3, 0.4) is 0 Å². The van der Waals surface area contributed by atoms with Crippen LogP contribution < -0.4 is 16.6 Å². The van der Waals surface area contributed by atoms with Crippen LogP contribution in [0.4, 0.5) is 0 Å². The molecule has 2 heterocycles. The van der Waals surface area contributed by atoms with Crippen LogP contribution in [0.15, 0.2) is 15.8 Å². The molecule has 0 aliphatic carbocycles. The van der Waals surface area contributed by atoms with Crippen LogP contribution in [0, 0.1) is 19.3 Å². The van der Waals surface area contributed by atoms with E-state index in [2.05, 4.69) is 16.2 Å². The molecular formula is C13H17N3O4. The first-order valence-corrected chi connectivity index (χ1v) is 6.32. The highest BCUT2D eigenvalue weighted by Crippen LogP contribution is 2.27. The van der Waals surface area contributed by atoms with Crippen LogP contribution in [0.2, 0.25) is 0 Å². The summed E-state index contributed by atoms with van der Waals surface area (Å²) >= 11 is 0. The summed E-state index contributed by atoms with van der Waals surface area (Å²) in [6.45, 7) is 2.39. The number of aryl methyl sites for hydroxylation is 1. The third-order valence-electron chi connectivity index (χ3n) is 3.23. The average molecular weight is 279 g/mol. The Balaban J connectivity index is 2.12. The van der Waals surface area contributed by atoms with Crippen molar-refractivity contribution < 1.29 is 9.84 Å². The molecule has 1 fully saturated rings. The predicted octanol–water partition coefficient (Wildman–Crippen LogP) is -1.28. The van der Waals surface area contributed by atoms with Gasteiger partial charge in [0.05, 0.1) is 18.8 Å². The van der Waals surface area contributed by atoms with Gasteiger partial charge in [-0.25, -0.2) is 4.79 Å². The summed E-state index contributed by atoms with van der Waals surface area (Å²) in [6, 6.07) is 0. The molecule has 1 aliphatic heterocycles. The molecule has 0 amide bonds. The number of nitrogens with one attached hydrogen (secondary N) is 2. The van der Waals surface area contributed by atoms with Gasteiger partial charge in [0.2, 0.25) is 0 Å². The third kappa shape index (κ3) is 2.99. The SMILES string of the molecule is C#CCNC[C@H]1O[C@@H](n2cc(C)c(=O)[nH]c2=O)C[C@@H]1O. The van der Waals surface area contributed by atoms with Gasteiger partial charge in [0.25, 0.3) is 5.56 Å². The molecule has 0 spiro atoms. The average Bonchev–Trinajstić information content (AvgIpc) is 2.76.